The van der Waals surface area contributed by atoms with Crippen molar-refractivity contribution >= 4 is 11.6 Å². The summed E-state index contributed by atoms with van der Waals surface area (Å²) in [5, 5.41) is 2.98. The van der Waals surface area contributed by atoms with Gasteiger partial charge in [0, 0.05) is 19.5 Å². The average molecular weight is 249 g/mol. The molecule has 0 fully saturated rings. The molecule has 2 rings (SSSR count). The minimum atomic E-state index is -0.300. The van der Waals surface area contributed by atoms with Crippen LogP contribution in [0.2, 0.25) is 0 Å². The van der Waals surface area contributed by atoms with Gasteiger partial charge >= 0.3 is 0 Å². The molecule has 0 bridgehead atoms. The standard InChI is InChI=1S/C13H16FN3O/c1-10(9-18-2)17-8-7-15-13(17)16-12-6-4-3-5-11(12)14/h3-8,10H,9H2,1-2H3,(H,15,16). The summed E-state index contributed by atoms with van der Waals surface area (Å²) in [5.41, 5.74) is 0.412. The van der Waals surface area contributed by atoms with Crippen molar-refractivity contribution in [1.82, 2.24) is 9.55 Å². The lowest BCUT2D eigenvalue weighted by atomic mass is 10.3. The molecule has 4 nitrogen and oxygen atoms in total. The molecule has 0 saturated carbocycles. The van der Waals surface area contributed by atoms with E-state index in [2.05, 4.69) is 10.3 Å². The van der Waals surface area contributed by atoms with Crippen molar-refractivity contribution < 1.29 is 9.13 Å². The zero-order valence-corrected chi connectivity index (χ0v) is 10.4. The van der Waals surface area contributed by atoms with Gasteiger partial charge in [-0.1, -0.05) is 12.1 Å². The van der Waals surface area contributed by atoms with Crippen molar-refractivity contribution in [3.05, 3.63) is 42.5 Å². The smallest absolute Gasteiger partial charge is 0.207 e. The summed E-state index contributed by atoms with van der Waals surface area (Å²) in [6.45, 7) is 2.58. The Labute approximate surface area is 105 Å². The molecule has 1 atom stereocenters. The average Bonchev–Trinajstić information content (AvgIpc) is 2.81. The Balaban J connectivity index is 2.20. The highest BCUT2D eigenvalue weighted by Crippen LogP contribution is 2.20. The molecule has 0 radical (unpaired) electrons. The Bertz CT molecular complexity index is 512. The molecule has 1 N–H and O–H groups in total. The molecule has 0 aliphatic rings. The summed E-state index contributed by atoms with van der Waals surface area (Å²) in [6.07, 6.45) is 3.52. The zero-order chi connectivity index (χ0) is 13.0. The van der Waals surface area contributed by atoms with Gasteiger partial charge in [-0.25, -0.2) is 9.37 Å². The first-order valence-electron chi connectivity index (χ1n) is 5.75. The maximum absolute atomic E-state index is 13.5. The van der Waals surface area contributed by atoms with Crippen LogP contribution in [0.3, 0.4) is 0 Å². The lowest BCUT2D eigenvalue weighted by Gasteiger charge is -2.16. The number of ether oxygens (including phenoxy) is 1. The van der Waals surface area contributed by atoms with Crippen molar-refractivity contribution in [2.75, 3.05) is 19.0 Å². The number of halogens is 1. The van der Waals surface area contributed by atoms with E-state index in [9.17, 15) is 4.39 Å². The molecule has 1 aromatic heterocycles. The molecule has 0 aliphatic carbocycles. The van der Waals surface area contributed by atoms with Gasteiger partial charge in [-0.05, 0) is 19.1 Å². The molecule has 0 spiro atoms. The van der Waals surface area contributed by atoms with Crippen LogP contribution in [0.5, 0.6) is 0 Å². The molecular formula is C13H16FN3O. The normalized spacial score (nSPS) is 12.4. The van der Waals surface area contributed by atoms with E-state index >= 15 is 0 Å². The number of anilines is 2. The van der Waals surface area contributed by atoms with E-state index in [-0.39, 0.29) is 11.9 Å². The van der Waals surface area contributed by atoms with Crippen LogP contribution in [0.25, 0.3) is 0 Å². The second-order valence-electron chi connectivity index (χ2n) is 4.07. The maximum Gasteiger partial charge on any atom is 0.207 e. The molecule has 1 heterocycles. The van der Waals surface area contributed by atoms with Crippen LogP contribution in [0, 0.1) is 5.82 Å². The number of aromatic nitrogens is 2. The summed E-state index contributed by atoms with van der Waals surface area (Å²) in [4.78, 5) is 4.19. The molecule has 5 heteroatoms. The molecular weight excluding hydrogens is 233 g/mol. The van der Waals surface area contributed by atoms with E-state index in [4.69, 9.17) is 4.74 Å². The van der Waals surface area contributed by atoms with Gasteiger partial charge < -0.3 is 14.6 Å². The zero-order valence-electron chi connectivity index (χ0n) is 10.4. The van der Waals surface area contributed by atoms with Crippen LogP contribution in [0.1, 0.15) is 13.0 Å². The molecule has 1 aromatic carbocycles. The van der Waals surface area contributed by atoms with Crippen molar-refractivity contribution in [2.24, 2.45) is 0 Å². The third-order valence-electron chi connectivity index (χ3n) is 2.67. The molecule has 96 valence electrons. The van der Waals surface area contributed by atoms with Crippen molar-refractivity contribution in [3.63, 3.8) is 0 Å². The SMILES string of the molecule is COCC(C)n1ccnc1Nc1ccccc1F. The lowest BCUT2D eigenvalue weighted by molar-refractivity contribution is 0.163. The summed E-state index contributed by atoms with van der Waals surface area (Å²) in [6, 6.07) is 6.65. The Hall–Kier alpha value is -1.88. The van der Waals surface area contributed by atoms with Gasteiger partial charge in [0.1, 0.15) is 5.82 Å². The number of rotatable bonds is 5. The van der Waals surface area contributed by atoms with Gasteiger partial charge in [-0.2, -0.15) is 0 Å². The summed E-state index contributed by atoms with van der Waals surface area (Å²) >= 11 is 0. The van der Waals surface area contributed by atoms with Crippen LogP contribution in [0.4, 0.5) is 16.0 Å². The molecule has 0 amide bonds. The highest BCUT2D eigenvalue weighted by Gasteiger charge is 2.11. The van der Waals surface area contributed by atoms with Gasteiger partial charge in [0.05, 0.1) is 18.3 Å². The second kappa shape index (κ2) is 5.64. The largest absolute Gasteiger partial charge is 0.383 e. The number of benzene rings is 1. The highest BCUT2D eigenvalue weighted by molar-refractivity contribution is 5.54. The fraction of sp³-hybridized carbons (Fsp3) is 0.308. The summed E-state index contributed by atoms with van der Waals surface area (Å²) < 4.78 is 20.6. The van der Waals surface area contributed by atoms with Crippen LogP contribution in [-0.2, 0) is 4.74 Å². The van der Waals surface area contributed by atoms with E-state index in [1.54, 1.807) is 31.5 Å². The highest BCUT2D eigenvalue weighted by atomic mass is 19.1. The second-order valence-corrected chi connectivity index (χ2v) is 4.07. The third kappa shape index (κ3) is 2.68. The summed E-state index contributed by atoms with van der Waals surface area (Å²) in [7, 11) is 1.65. The first-order chi connectivity index (χ1) is 8.72. The Kier molecular flexibility index (Phi) is 3.94. The predicted octanol–water partition coefficient (Wildman–Crippen LogP) is 2.97. The van der Waals surface area contributed by atoms with E-state index in [0.29, 0.717) is 18.2 Å². The topological polar surface area (TPSA) is 39.1 Å². The number of nitrogens with zero attached hydrogens (tertiary/aromatic N) is 2. The molecule has 0 aliphatic heterocycles. The molecule has 0 saturated heterocycles. The summed E-state index contributed by atoms with van der Waals surface area (Å²) in [5.74, 6) is 0.302. The minimum Gasteiger partial charge on any atom is -0.383 e. The predicted molar refractivity (Wildman–Crippen MR) is 68.5 cm³/mol. The van der Waals surface area contributed by atoms with E-state index < -0.39 is 0 Å². The van der Waals surface area contributed by atoms with Crippen molar-refractivity contribution in [2.45, 2.75) is 13.0 Å². The van der Waals surface area contributed by atoms with Gasteiger partial charge in [0.2, 0.25) is 5.95 Å². The number of hydrogen-bond donors (Lipinski definition) is 1. The van der Waals surface area contributed by atoms with Gasteiger partial charge in [-0.3, -0.25) is 0 Å². The van der Waals surface area contributed by atoms with Crippen LogP contribution >= 0.6 is 0 Å². The lowest BCUT2D eigenvalue weighted by Crippen LogP contribution is -2.13. The van der Waals surface area contributed by atoms with Crippen LogP contribution < -0.4 is 5.32 Å². The molecule has 2 aromatic rings. The number of hydrogen-bond acceptors (Lipinski definition) is 3. The quantitative estimate of drug-likeness (QED) is 0.885. The Morgan fingerprint density at radius 3 is 2.94 bits per heavy atom. The Morgan fingerprint density at radius 2 is 2.22 bits per heavy atom. The van der Waals surface area contributed by atoms with E-state index in [1.165, 1.54) is 6.07 Å². The monoisotopic (exact) mass is 249 g/mol. The maximum atomic E-state index is 13.5. The molecule has 1 unspecified atom stereocenters. The fourth-order valence-corrected chi connectivity index (χ4v) is 1.77. The first-order valence-corrected chi connectivity index (χ1v) is 5.75. The first kappa shape index (κ1) is 12.6. The van der Waals surface area contributed by atoms with Gasteiger partial charge in [0.25, 0.3) is 0 Å². The van der Waals surface area contributed by atoms with E-state index in [0.717, 1.165) is 0 Å². The number of para-hydroxylation sites is 1. The number of methoxy groups -OCH3 is 1. The van der Waals surface area contributed by atoms with Crippen molar-refractivity contribution in [3.8, 4) is 0 Å². The van der Waals surface area contributed by atoms with Crippen LogP contribution in [0.15, 0.2) is 36.7 Å². The number of nitrogens with one attached hydrogen (secondary N) is 1. The molecule has 18 heavy (non-hydrogen) atoms. The van der Waals surface area contributed by atoms with Gasteiger partial charge in [-0.15, -0.1) is 0 Å². The van der Waals surface area contributed by atoms with Gasteiger partial charge in [0.15, 0.2) is 0 Å². The fourth-order valence-electron chi connectivity index (χ4n) is 1.77. The Morgan fingerprint density at radius 1 is 1.44 bits per heavy atom. The van der Waals surface area contributed by atoms with Crippen molar-refractivity contribution in [1.29, 1.82) is 0 Å². The van der Waals surface area contributed by atoms with E-state index in [1.807, 2.05) is 17.7 Å². The number of imidazole rings is 1. The third-order valence-corrected chi connectivity index (χ3v) is 2.67. The minimum absolute atomic E-state index is 0.131. The van der Waals surface area contributed by atoms with Crippen LogP contribution in [-0.4, -0.2) is 23.3 Å².